The van der Waals surface area contributed by atoms with E-state index in [0.29, 0.717) is 19.6 Å². The van der Waals surface area contributed by atoms with Crippen LogP contribution in [0, 0.1) is 0 Å². The molecule has 1 unspecified atom stereocenters. The largest absolute Gasteiger partial charge is 0.478 e. The number of carbonyl (C=O) groups excluding carboxylic acids is 1. The molecule has 0 aromatic heterocycles. The molecular formula is C15H22N2O3. The number of benzene rings is 1. The molecule has 5 nitrogen and oxygen atoms in total. The van der Waals surface area contributed by atoms with Gasteiger partial charge in [-0.05, 0) is 38.5 Å². The van der Waals surface area contributed by atoms with E-state index >= 15 is 0 Å². The fourth-order valence-electron chi connectivity index (χ4n) is 1.93. The lowest BCUT2D eigenvalue weighted by atomic mass is 10.1. The zero-order valence-electron chi connectivity index (χ0n) is 12.2. The summed E-state index contributed by atoms with van der Waals surface area (Å²) >= 11 is 0. The number of hydrogen-bond donors (Lipinski definition) is 2. The van der Waals surface area contributed by atoms with Crippen LogP contribution >= 0.6 is 0 Å². The molecule has 1 aromatic rings. The van der Waals surface area contributed by atoms with E-state index in [9.17, 15) is 9.59 Å². The predicted octanol–water partition coefficient (Wildman–Crippen LogP) is 1.73. The summed E-state index contributed by atoms with van der Waals surface area (Å²) in [5.74, 6) is -0.855. The Morgan fingerprint density at radius 3 is 2.20 bits per heavy atom. The van der Waals surface area contributed by atoms with Crippen LogP contribution in [-0.2, 0) is 11.3 Å². The molecule has 5 heteroatoms. The van der Waals surface area contributed by atoms with Crippen LogP contribution < -0.4 is 5.32 Å². The topological polar surface area (TPSA) is 69.6 Å². The van der Waals surface area contributed by atoms with Gasteiger partial charge in [-0.3, -0.25) is 4.79 Å². The Kier molecular flexibility index (Phi) is 6.18. The van der Waals surface area contributed by atoms with Gasteiger partial charge in [-0.15, -0.1) is 0 Å². The molecule has 1 aromatic carbocycles. The van der Waals surface area contributed by atoms with Crippen molar-refractivity contribution in [1.82, 2.24) is 10.2 Å². The van der Waals surface area contributed by atoms with Crippen LogP contribution in [0.3, 0.4) is 0 Å². The first-order chi connectivity index (χ1) is 9.49. The van der Waals surface area contributed by atoms with Crippen LogP contribution in [0.1, 0.15) is 36.7 Å². The molecule has 110 valence electrons. The van der Waals surface area contributed by atoms with E-state index < -0.39 is 5.97 Å². The minimum absolute atomic E-state index is 0.0807. The molecule has 1 amide bonds. The van der Waals surface area contributed by atoms with E-state index in [1.165, 1.54) is 0 Å². The summed E-state index contributed by atoms with van der Waals surface area (Å²) in [5.41, 5.74) is 1.22. The number of nitrogens with zero attached hydrogens (tertiary/aromatic N) is 1. The highest BCUT2D eigenvalue weighted by Crippen LogP contribution is 2.05. The Morgan fingerprint density at radius 1 is 1.20 bits per heavy atom. The maximum Gasteiger partial charge on any atom is 0.335 e. The van der Waals surface area contributed by atoms with E-state index in [1.807, 2.05) is 20.8 Å². The first-order valence-corrected chi connectivity index (χ1v) is 6.84. The Bertz CT molecular complexity index is 453. The second-order valence-electron chi connectivity index (χ2n) is 4.62. The molecule has 20 heavy (non-hydrogen) atoms. The highest BCUT2D eigenvalue weighted by atomic mass is 16.4. The summed E-state index contributed by atoms with van der Waals surface area (Å²) in [4.78, 5) is 24.6. The minimum atomic E-state index is -0.936. The van der Waals surface area contributed by atoms with Crippen LogP contribution in [0.5, 0.6) is 0 Å². The van der Waals surface area contributed by atoms with E-state index in [4.69, 9.17) is 5.11 Å². The molecule has 1 atom stereocenters. The highest BCUT2D eigenvalue weighted by Gasteiger charge is 2.17. The maximum atomic E-state index is 12.1. The SMILES string of the molecule is CCN(CC)C(=O)C(C)NCc1ccc(C(=O)O)cc1. The highest BCUT2D eigenvalue weighted by molar-refractivity contribution is 5.87. The monoisotopic (exact) mass is 278 g/mol. The Hall–Kier alpha value is -1.88. The lowest BCUT2D eigenvalue weighted by Crippen LogP contribution is -2.44. The number of carboxylic acids is 1. The number of hydrogen-bond acceptors (Lipinski definition) is 3. The van der Waals surface area contributed by atoms with Crippen molar-refractivity contribution in [3.63, 3.8) is 0 Å². The average Bonchev–Trinajstić information content (AvgIpc) is 2.46. The molecule has 0 heterocycles. The number of amides is 1. The second-order valence-corrected chi connectivity index (χ2v) is 4.62. The van der Waals surface area contributed by atoms with E-state index in [0.717, 1.165) is 5.56 Å². The normalized spacial score (nSPS) is 11.9. The Labute approximate surface area is 119 Å². The maximum absolute atomic E-state index is 12.1. The summed E-state index contributed by atoms with van der Waals surface area (Å²) < 4.78 is 0. The molecule has 0 saturated heterocycles. The molecule has 2 N–H and O–H groups in total. The van der Waals surface area contributed by atoms with Gasteiger partial charge in [-0.25, -0.2) is 4.79 Å². The van der Waals surface area contributed by atoms with Crippen molar-refractivity contribution in [3.05, 3.63) is 35.4 Å². The average molecular weight is 278 g/mol. The smallest absolute Gasteiger partial charge is 0.335 e. The number of aromatic carboxylic acids is 1. The molecule has 0 fully saturated rings. The van der Waals surface area contributed by atoms with E-state index in [-0.39, 0.29) is 17.5 Å². The fourth-order valence-corrected chi connectivity index (χ4v) is 1.93. The van der Waals surface area contributed by atoms with E-state index in [1.54, 1.807) is 29.2 Å². The molecular weight excluding hydrogens is 256 g/mol. The molecule has 0 bridgehead atoms. The molecule has 1 rings (SSSR count). The Morgan fingerprint density at radius 2 is 1.75 bits per heavy atom. The van der Waals surface area contributed by atoms with Crippen LogP contribution in [0.25, 0.3) is 0 Å². The Balaban J connectivity index is 2.54. The molecule has 0 saturated carbocycles. The molecule has 0 aliphatic rings. The van der Waals surface area contributed by atoms with Crippen molar-refractivity contribution in [2.75, 3.05) is 13.1 Å². The van der Waals surface area contributed by atoms with Crippen molar-refractivity contribution < 1.29 is 14.7 Å². The molecule has 0 radical (unpaired) electrons. The molecule has 0 aliphatic heterocycles. The van der Waals surface area contributed by atoms with Crippen molar-refractivity contribution in [1.29, 1.82) is 0 Å². The van der Waals surface area contributed by atoms with Crippen molar-refractivity contribution >= 4 is 11.9 Å². The van der Waals surface area contributed by atoms with Gasteiger partial charge >= 0.3 is 5.97 Å². The number of nitrogens with one attached hydrogen (secondary N) is 1. The van der Waals surface area contributed by atoms with Crippen LogP contribution in [-0.4, -0.2) is 41.0 Å². The molecule has 0 aliphatic carbocycles. The first-order valence-electron chi connectivity index (χ1n) is 6.84. The lowest BCUT2D eigenvalue weighted by Gasteiger charge is -2.23. The van der Waals surface area contributed by atoms with Crippen molar-refractivity contribution in [3.8, 4) is 0 Å². The van der Waals surface area contributed by atoms with Crippen LogP contribution in [0.4, 0.5) is 0 Å². The number of carboxylic acid groups (broad SMARTS) is 1. The third-order valence-corrected chi connectivity index (χ3v) is 3.26. The summed E-state index contributed by atoms with van der Waals surface area (Å²) in [6.45, 7) is 7.70. The van der Waals surface area contributed by atoms with Gasteiger partial charge in [0, 0.05) is 19.6 Å². The van der Waals surface area contributed by atoms with Gasteiger partial charge in [-0.2, -0.15) is 0 Å². The summed E-state index contributed by atoms with van der Waals surface area (Å²) in [5, 5.41) is 12.0. The van der Waals surface area contributed by atoms with Gasteiger partial charge in [0.2, 0.25) is 5.91 Å². The first kappa shape index (κ1) is 16.2. The van der Waals surface area contributed by atoms with Gasteiger partial charge in [0.05, 0.1) is 11.6 Å². The third-order valence-electron chi connectivity index (χ3n) is 3.26. The van der Waals surface area contributed by atoms with Gasteiger partial charge in [0.15, 0.2) is 0 Å². The predicted molar refractivity (Wildman–Crippen MR) is 77.6 cm³/mol. The summed E-state index contributed by atoms with van der Waals surface area (Å²) in [6.07, 6.45) is 0. The minimum Gasteiger partial charge on any atom is -0.478 e. The summed E-state index contributed by atoms with van der Waals surface area (Å²) in [6, 6.07) is 6.39. The standard InChI is InChI=1S/C15H22N2O3/c1-4-17(5-2)14(18)11(3)16-10-12-6-8-13(9-7-12)15(19)20/h6-9,11,16H,4-5,10H2,1-3H3,(H,19,20). The zero-order valence-corrected chi connectivity index (χ0v) is 12.2. The van der Waals surface area contributed by atoms with Gasteiger partial charge < -0.3 is 15.3 Å². The third kappa shape index (κ3) is 4.35. The van der Waals surface area contributed by atoms with Gasteiger partial charge in [0.25, 0.3) is 0 Å². The zero-order chi connectivity index (χ0) is 15.1. The van der Waals surface area contributed by atoms with Crippen molar-refractivity contribution in [2.24, 2.45) is 0 Å². The van der Waals surface area contributed by atoms with Crippen molar-refractivity contribution in [2.45, 2.75) is 33.4 Å². The number of rotatable bonds is 7. The molecule has 0 spiro atoms. The van der Waals surface area contributed by atoms with Gasteiger partial charge in [-0.1, -0.05) is 12.1 Å². The fraction of sp³-hybridized carbons (Fsp3) is 0.467. The summed E-state index contributed by atoms with van der Waals surface area (Å²) in [7, 11) is 0. The quantitative estimate of drug-likeness (QED) is 0.797. The van der Waals surface area contributed by atoms with E-state index in [2.05, 4.69) is 5.32 Å². The number of likely N-dealkylation sites (N-methyl/N-ethyl adjacent to an activating group) is 1. The van der Waals surface area contributed by atoms with Crippen LogP contribution in [0.15, 0.2) is 24.3 Å². The number of carbonyl (C=O) groups is 2. The lowest BCUT2D eigenvalue weighted by molar-refractivity contribution is -0.132. The van der Waals surface area contributed by atoms with Crippen LogP contribution in [0.2, 0.25) is 0 Å². The second kappa shape index (κ2) is 7.65. The van der Waals surface area contributed by atoms with Gasteiger partial charge in [0.1, 0.15) is 0 Å².